The summed E-state index contributed by atoms with van der Waals surface area (Å²) in [4.78, 5) is 16.5. The Morgan fingerprint density at radius 3 is 1.29 bits per heavy atom. The van der Waals surface area contributed by atoms with Gasteiger partial charge in [-0.3, -0.25) is 9.13 Å². The topological polar surface area (TPSA) is 165 Å². The van der Waals surface area contributed by atoms with E-state index in [1.54, 1.807) is 0 Å². The zero-order valence-corrected chi connectivity index (χ0v) is 14.1. The molecule has 0 saturated heterocycles. The van der Waals surface area contributed by atoms with Crippen LogP contribution in [0.4, 0.5) is 0 Å². The molecule has 0 bridgehead atoms. The number of rotatable bonds is 9. The van der Waals surface area contributed by atoms with Crippen LogP contribution in [0, 0.1) is 0 Å². The zero-order valence-electron chi connectivity index (χ0n) is 12.2. The molecular formula is C10H28O9P2. The number of aliphatic hydroxyl groups is 4. The molecule has 0 saturated carbocycles. The molecule has 0 aliphatic heterocycles. The molecule has 0 aromatic heterocycles. The fourth-order valence-electron chi connectivity index (χ4n) is 0.634. The molecule has 0 aliphatic rings. The fourth-order valence-corrected chi connectivity index (χ4v) is 2.13. The van der Waals surface area contributed by atoms with Crippen LogP contribution < -0.4 is 0 Å². The first kappa shape index (κ1) is 26.1. The average Bonchev–Trinajstić information content (AvgIpc) is 2.43. The Balaban J connectivity index is -0.000000240. The van der Waals surface area contributed by atoms with Crippen molar-refractivity contribution < 1.29 is 43.7 Å². The number of aliphatic hydroxyl groups excluding tert-OH is 4. The molecule has 132 valence electrons. The highest BCUT2D eigenvalue weighted by molar-refractivity contribution is 7.59. The summed E-state index contributed by atoms with van der Waals surface area (Å²) < 4.78 is 24.0. The van der Waals surface area contributed by atoms with E-state index < -0.39 is 15.9 Å². The van der Waals surface area contributed by atoms with Crippen molar-refractivity contribution in [1.29, 1.82) is 0 Å². The third kappa shape index (κ3) is 33.2. The van der Waals surface area contributed by atoms with Crippen molar-refractivity contribution in [3.05, 3.63) is 0 Å². The van der Waals surface area contributed by atoms with Crippen molar-refractivity contribution in [2.24, 2.45) is 0 Å². The van der Waals surface area contributed by atoms with Crippen LogP contribution in [0.5, 0.6) is 0 Å². The van der Waals surface area contributed by atoms with Gasteiger partial charge in [-0.25, -0.2) is 4.31 Å². The second-order valence-electron chi connectivity index (χ2n) is 3.62. The lowest BCUT2D eigenvalue weighted by molar-refractivity contribution is 0.242. The van der Waals surface area contributed by atoms with Gasteiger partial charge in [-0.1, -0.05) is 6.92 Å². The molecule has 0 rings (SSSR count). The molecule has 0 radical (unpaired) electrons. The predicted molar refractivity (Wildman–Crippen MR) is 79.5 cm³/mol. The van der Waals surface area contributed by atoms with Crippen molar-refractivity contribution in [3.8, 4) is 0 Å². The molecule has 21 heavy (non-hydrogen) atoms. The fraction of sp³-hybridized carbons (Fsp3) is 1.00. The summed E-state index contributed by atoms with van der Waals surface area (Å²) in [6, 6.07) is 0. The molecule has 0 fully saturated rings. The van der Waals surface area contributed by atoms with Gasteiger partial charge in [0.1, 0.15) is 0 Å². The van der Waals surface area contributed by atoms with Gasteiger partial charge >= 0.3 is 15.9 Å². The van der Waals surface area contributed by atoms with Gasteiger partial charge in [0.15, 0.2) is 0 Å². The van der Waals surface area contributed by atoms with Crippen LogP contribution >= 0.6 is 15.9 Å². The normalized spacial score (nSPS) is 14.0. The van der Waals surface area contributed by atoms with E-state index in [-0.39, 0.29) is 32.6 Å². The van der Waals surface area contributed by atoms with Gasteiger partial charge in [-0.15, -0.1) is 0 Å². The molecule has 2 unspecified atom stereocenters. The lowest BCUT2D eigenvalue weighted by Crippen LogP contribution is -1.85. The van der Waals surface area contributed by atoms with Crippen molar-refractivity contribution in [2.75, 3.05) is 32.6 Å². The molecule has 9 nitrogen and oxygen atoms in total. The van der Waals surface area contributed by atoms with E-state index in [1.807, 2.05) is 0 Å². The van der Waals surface area contributed by atoms with Gasteiger partial charge < -0.3 is 30.2 Å². The molecule has 0 aromatic carbocycles. The minimum Gasteiger partial charge on any atom is -0.396 e. The quantitative estimate of drug-likeness (QED) is 0.249. The van der Waals surface area contributed by atoms with Crippen molar-refractivity contribution in [1.82, 2.24) is 0 Å². The number of unbranched alkanes of at least 4 members (excludes halogenated alkanes) is 2. The zero-order chi connectivity index (χ0) is 17.1. The molecule has 11 heteroatoms. The monoisotopic (exact) mass is 354 g/mol. The van der Waals surface area contributed by atoms with E-state index in [0.717, 1.165) is 25.7 Å². The van der Waals surface area contributed by atoms with Crippen molar-refractivity contribution >= 4 is 15.9 Å². The van der Waals surface area contributed by atoms with E-state index >= 15 is 0 Å². The molecule has 0 amide bonds. The molecule has 0 spiro atoms. The Hall–Kier alpha value is 0.180. The standard InChI is InChI=1S/2C4H10O2.C2H8O5P2/c2*5-3-1-2-4-6;1-2-9(5,6)7-8(3)4/h2*5-6H,1-4H2;8H,2H2,1H3,(H,3,4)(H,5,6). The second-order valence-corrected chi connectivity index (χ2v) is 6.79. The summed E-state index contributed by atoms with van der Waals surface area (Å²) >= 11 is 0. The maximum atomic E-state index is 10.4. The predicted octanol–water partition coefficient (Wildman–Crippen LogP) is 0.0927. The highest BCUT2D eigenvalue weighted by atomic mass is 31.2. The van der Waals surface area contributed by atoms with Crippen molar-refractivity contribution in [2.45, 2.75) is 32.6 Å². The summed E-state index contributed by atoms with van der Waals surface area (Å²) in [5.41, 5.74) is 0. The van der Waals surface area contributed by atoms with Crippen LogP contribution in [0.1, 0.15) is 32.6 Å². The highest BCUT2D eigenvalue weighted by Gasteiger charge is 2.17. The van der Waals surface area contributed by atoms with Crippen LogP contribution in [-0.4, -0.2) is 62.8 Å². The van der Waals surface area contributed by atoms with Crippen LogP contribution in [0.15, 0.2) is 0 Å². The summed E-state index contributed by atoms with van der Waals surface area (Å²) in [6.07, 6.45) is 2.73. The van der Waals surface area contributed by atoms with Crippen LogP contribution in [-0.2, 0) is 13.4 Å². The smallest absolute Gasteiger partial charge is 0.334 e. The lowest BCUT2D eigenvalue weighted by Gasteiger charge is -2.04. The number of hydrogen-bond acceptors (Lipinski definition) is 7. The second kappa shape index (κ2) is 20.2. The third-order valence-corrected chi connectivity index (χ3v) is 4.32. The summed E-state index contributed by atoms with van der Waals surface area (Å²) in [7, 11) is -7.01. The minimum absolute atomic E-state index is 0.149. The minimum atomic E-state index is -3.75. The van der Waals surface area contributed by atoms with Gasteiger partial charge in [-0.2, -0.15) is 0 Å². The first-order chi connectivity index (χ1) is 9.81. The summed E-state index contributed by atoms with van der Waals surface area (Å²) in [6.45, 7) is 2.17. The Bertz CT molecular complexity index is 247. The Morgan fingerprint density at radius 1 is 0.905 bits per heavy atom. The van der Waals surface area contributed by atoms with Gasteiger partial charge in [0.25, 0.3) is 0 Å². The molecule has 6 N–H and O–H groups in total. The average molecular weight is 354 g/mol. The molecule has 0 heterocycles. The first-order valence-electron chi connectivity index (χ1n) is 6.49. The SMILES string of the molecule is CCP(=O)(O)O[PH](=O)O.OCCCCO.OCCCCO. The summed E-state index contributed by atoms with van der Waals surface area (Å²) in [5, 5.41) is 32.3. The first-order valence-corrected chi connectivity index (χ1v) is 9.51. The highest BCUT2D eigenvalue weighted by Crippen LogP contribution is 2.48. The molecule has 0 aromatic rings. The summed E-state index contributed by atoms with van der Waals surface area (Å²) in [5.74, 6) is 0. The van der Waals surface area contributed by atoms with Crippen LogP contribution in [0.3, 0.4) is 0 Å². The van der Waals surface area contributed by atoms with E-state index in [0.29, 0.717) is 0 Å². The Kier molecular flexibility index (Phi) is 25.1. The van der Waals surface area contributed by atoms with E-state index in [1.165, 1.54) is 6.92 Å². The molecule has 2 atom stereocenters. The maximum absolute atomic E-state index is 10.4. The van der Waals surface area contributed by atoms with E-state index in [9.17, 15) is 9.13 Å². The Labute approximate surface area is 125 Å². The molecule has 0 aliphatic carbocycles. The van der Waals surface area contributed by atoms with Gasteiger partial charge in [-0.05, 0) is 25.7 Å². The maximum Gasteiger partial charge on any atom is 0.334 e. The van der Waals surface area contributed by atoms with Gasteiger partial charge in [0, 0.05) is 32.6 Å². The van der Waals surface area contributed by atoms with Gasteiger partial charge in [0.05, 0.1) is 0 Å². The lowest BCUT2D eigenvalue weighted by atomic mass is 10.3. The van der Waals surface area contributed by atoms with Gasteiger partial charge in [0.2, 0.25) is 0 Å². The largest absolute Gasteiger partial charge is 0.396 e. The molecular weight excluding hydrogens is 326 g/mol. The van der Waals surface area contributed by atoms with E-state index in [4.69, 9.17) is 30.2 Å². The Morgan fingerprint density at radius 2 is 1.19 bits per heavy atom. The van der Waals surface area contributed by atoms with E-state index in [2.05, 4.69) is 4.31 Å². The van der Waals surface area contributed by atoms with Crippen molar-refractivity contribution in [3.63, 3.8) is 0 Å². The number of hydrogen-bond donors (Lipinski definition) is 6. The third-order valence-electron chi connectivity index (χ3n) is 1.75. The van der Waals surface area contributed by atoms with Crippen LogP contribution in [0.2, 0.25) is 0 Å². The van der Waals surface area contributed by atoms with Crippen LogP contribution in [0.25, 0.3) is 0 Å².